The van der Waals surface area contributed by atoms with Gasteiger partial charge >= 0.3 is 0 Å². The third kappa shape index (κ3) is 3.07. The topological polar surface area (TPSA) is 55.1 Å². The minimum absolute atomic E-state index is 0.155. The van der Waals surface area contributed by atoms with E-state index in [1.807, 2.05) is 0 Å². The number of halogens is 3. The quantitative estimate of drug-likeness (QED) is 0.808. The van der Waals surface area contributed by atoms with Crippen LogP contribution in [0.1, 0.15) is 13.8 Å². The number of anilines is 1. The van der Waals surface area contributed by atoms with Crippen LogP contribution in [0.4, 0.5) is 10.1 Å². The molecule has 0 aliphatic rings. The fourth-order valence-corrected chi connectivity index (χ4v) is 1.41. The zero-order valence-electron chi connectivity index (χ0n) is 8.77. The summed E-state index contributed by atoms with van der Waals surface area (Å²) in [6, 6.07) is 2.54. The van der Waals surface area contributed by atoms with Crippen molar-refractivity contribution in [3.63, 3.8) is 0 Å². The summed E-state index contributed by atoms with van der Waals surface area (Å²) in [6.45, 7) is 3.10. The Kier molecular flexibility index (Phi) is 3.78. The van der Waals surface area contributed by atoms with Gasteiger partial charge in [-0.25, -0.2) is 4.39 Å². The van der Waals surface area contributed by atoms with Crippen molar-refractivity contribution in [3.05, 3.63) is 28.0 Å². The first-order chi connectivity index (χ1) is 7.21. The summed E-state index contributed by atoms with van der Waals surface area (Å²) in [4.78, 5) is 11.5. The van der Waals surface area contributed by atoms with Gasteiger partial charge in [0.05, 0.1) is 15.6 Å². The Hall–Kier alpha value is -0.840. The van der Waals surface area contributed by atoms with Gasteiger partial charge < -0.3 is 11.1 Å². The van der Waals surface area contributed by atoms with Crippen molar-refractivity contribution < 1.29 is 9.18 Å². The first-order valence-corrected chi connectivity index (χ1v) is 5.22. The third-order valence-corrected chi connectivity index (χ3v) is 2.38. The number of carbonyl (C=O) groups excluding carboxylic acids is 1. The van der Waals surface area contributed by atoms with Crippen LogP contribution in [0.25, 0.3) is 0 Å². The van der Waals surface area contributed by atoms with Crippen LogP contribution in [-0.4, -0.2) is 11.4 Å². The molecule has 0 fully saturated rings. The maximum Gasteiger partial charge on any atom is 0.243 e. The van der Waals surface area contributed by atoms with Crippen molar-refractivity contribution in [2.45, 2.75) is 19.4 Å². The van der Waals surface area contributed by atoms with E-state index in [9.17, 15) is 9.18 Å². The number of benzene rings is 1. The predicted octanol–water partition coefficient (Wildman–Crippen LogP) is 2.81. The smallest absolute Gasteiger partial charge is 0.243 e. The van der Waals surface area contributed by atoms with E-state index < -0.39 is 17.3 Å². The Bertz CT molecular complexity index is 406. The number of hydrogen-bond donors (Lipinski definition) is 2. The highest BCUT2D eigenvalue weighted by Gasteiger charge is 2.22. The van der Waals surface area contributed by atoms with Crippen LogP contribution in [0.15, 0.2) is 12.1 Å². The first-order valence-electron chi connectivity index (χ1n) is 4.46. The molecule has 0 saturated carbocycles. The van der Waals surface area contributed by atoms with Gasteiger partial charge in [0.25, 0.3) is 0 Å². The summed E-state index contributed by atoms with van der Waals surface area (Å²) >= 11 is 11.1. The third-order valence-electron chi connectivity index (χ3n) is 1.83. The molecule has 0 aliphatic carbocycles. The summed E-state index contributed by atoms with van der Waals surface area (Å²) in [7, 11) is 0. The van der Waals surface area contributed by atoms with Gasteiger partial charge in [-0.05, 0) is 26.0 Å². The van der Waals surface area contributed by atoms with Crippen molar-refractivity contribution in [1.82, 2.24) is 0 Å². The van der Waals surface area contributed by atoms with E-state index >= 15 is 0 Å². The number of amides is 1. The van der Waals surface area contributed by atoms with E-state index in [4.69, 9.17) is 28.9 Å². The number of nitrogens with one attached hydrogen (secondary N) is 1. The van der Waals surface area contributed by atoms with Crippen molar-refractivity contribution in [2.75, 3.05) is 5.32 Å². The summed E-state index contributed by atoms with van der Waals surface area (Å²) in [5.41, 5.74) is 4.85. The zero-order chi connectivity index (χ0) is 12.5. The summed E-state index contributed by atoms with van der Waals surface area (Å²) < 4.78 is 13.1. The highest BCUT2D eigenvalue weighted by Crippen LogP contribution is 2.27. The average molecular weight is 265 g/mol. The highest BCUT2D eigenvalue weighted by molar-refractivity contribution is 6.35. The Balaban J connectivity index is 2.96. The van der Waals surface area contributed by atoms with Gasteiger partial charge in [0.15, 0.2) is 5.82 Å². The number of nitrogens with two attached hydrogens (primary N) is 1. The first kappa shape index (κ1) is 13.2. The highest BCUT2D eigenvalue weighted by atomic mass is 35.5. The van der Waals surface area contributed by atoms with E-state index in [1.54, 1.807) is 13.8 Å². The molecule has 3 N–H and O–H groups in total. The molecule has 0 aromatic heterocycles. The van der Waals surface area contributed by atoms with Gasteiger partial charge in [-0.15, -0.1) is 0 Å². The minimum Gasteiger partial charge on any atom is -0.324 e. The van der Waals surface area contributed by atoms with Gasteiger partial charge in [0.2, 0.25) is 5.91 Å². The predicted molar refractivity (Wildman–Crippen MR) is 63.3 cm³/mol. The summed E-state index contributed by atoms with van der Waals surface area (Å²) in [6.07, 6.45) is 0. The van der Waals surface area contributed by atoms with Gasteiger partial charge in [-0.3, -0.25) is 4.79 Å². The van der Waals surface area contributed by atoms with Crippen LogP contribution < -0.4 is 11.1 Å². The molecule has 1 amide bonds. The Morgan fingerprint density at radius 2 is 1.81 bits per heavy atom. The van der Waals surface area contributed by atoms with Crippen molar-refractivity contribution in [2.24, 2.45) is 5.73 Å². The SMILES string of the molecule is CC(C)(N)C(=O)Nc1cc(Cl)c(F)c(Cl)c1. The van der Waals surface area contributed by atoms with E-state index in [0.717, 1.165) is 0 Å². The molecule has 1 aromatic rings. The monoisotopic (exact) mass is 264 g/mol. The lowest BCUT2D eigenvalue weighted by atomic mass is 10.1. The maximum atomic E-state index is 13.1. The number of hydrogen-bond acceptors (Lipinski definition) is 2. The standard InChI is InChI=1S/C10H11Cl2FN2O/c1-10(2,14)9(16)15-5-3-6(11)8(13)7(12)4-5/h3-4H,14H2,1-2H3,(H,15,16). The second-order valence-corrected chi connectivity index (χ2v) is 4.74. The second kappa shape index (κ2) is 4.57. The molecule has 0 saturated heterocycles. The Morgan fingerprint density at radius 1 is 1.38 bits per heavy atom. The van der Waals surface area contributed by atoms with E-state index in [1.165, 1.54) is 12.1 Å². The molecule has 0 heterocycles. The van der Waals surface area contributed by atoms with Crippen LogP contribution in [0.5, 0.6) is 0 Å². The lowest BCUT2D eigenvalue weighted by Crippen LogP contribution is -2.45. The Labute approximate surface area is 103 Å². The van der Waals surface area contributed by atoms with E-state index in [2.05, 4.69) is 5.32 Å². The van der Waals surface area contributed by atoms with Crippen LogP contribution in [-0.2, 0) is 4.79 Å². The molecule has 0 atom stereocenters. The van der Waals surface area contributed by atoms with E-state index in [-0.39, 0.29) is 10.0 Å². The molecule has 0 aliphatic heterocycles. The number of rotatable bonds is 2. The fourth-order valence-electron chi connectivity index (χ4n) is 0.920. The normalized spacial score (nSPS) is 11.4. The minimum atomic E-state index is -1.03. The van der Waals surface area contributed by atoms with Gasteiger partial charge in [-0.1, -0.05) is 23.2 Å². The zero-order valence-corrected chi connectivity index (χ0v) is 10.3. The molecular weight excluding hydrogens is 254 g/mol. The number of carbonyl (C=O) groups is 1. The molecule has 0 spiro atoms. The molecule has 88 valence electrons. The lowest BCUT2D eigenvalue weighted by molar-refractivity contribution is -0.120. The second-order valence-electron chi connectivity index (χ2n) is 3.93. The molecule has 0 radical (unpaired) electrons. The van der Waals surface area contributed by atoms with Gasteiger partial charge in [-0.2, -0.15) is 0 Å². The maximum absolute atomic E-state index is 13.1. The summed E-state index contributed by atoms with van der Waals surface area (Å²) in [5, 5.41) is 2.18. The van der Waals surface area contributed by atoms with Crippen LogP contribution in [0, 0.1) is 5.82 Å². The molecule has 1 rings (SSSR count). The fraction of sp³-hybridized carbons (Fsp3) is 0.300. The molecule has 16 heavy (non-hydrogen) atoms. The van der Waals surface area contributed by atoms with Crippen molar-refractivity contribution >= 4 is 34.8 Å². The molecule has 3 nitrogen and oxygen atoms in total. The molecule has 1 aromatic carbocycles. The van der Waals surface area contributed by atoms with E-state index in [0.29, 0.717) is 5.69 Å². The van der Waals surface area contributed by atoms with Crippen LogP contribution in [0.3, 0.4) is 0 Å². The largest absolute Gasteiger partial charge is 0.324 e. The van der Waals surface area contributed by atoms with Gasteiger partial charge in [0, 0.05) is 5.69 Å². The Morgan fingerprint density at radius 3 is 2.19 bits per heavy atom. The van der Waals surface area contributed by atoms with Crippen LogP contribution in [0.2, 0.25) is 10.0 Å². The van der Waals surface area contributed by atoms with Crippen LogP contribution >= 0.6 is 23.2 Å². The summed E-state index contributed by atoms with van der Waals surface area (Å²) in [5.74, 6) is -1.13. The molecular formula is C10H11Cl2FN2O. The molecule has 0 bridgehead atoms. The average Bonchev–Trinajstić information content (AvgIpc) is 2.12. The molecule has 0 unspecified atom stereocenters. The lowest BCUT2D eigenvalue weighted by Gasteiger charge is -2.18. The molecule has 6 heteroatoms. The van der Waals surface area contributed by atoms with Gasteiger partial charge in [0.1, 0.15) is 0 Å². The van der Waals surface area contributed by atoms with Crippen molar-refractivity contribution in [3.8, 4) is 0 Å². The van der Waals surface area contributed by atoms with Crippen molar-refractivity contribution in [1.29, 1.82) is 0 Å².